The van der Waals surface area contributed by atoms with Crippen LogP contribution in [0.1, 0.15) is 41.6 Å². The van der Waals surface area contributed by atoms with Crippen molar-refractivity contribution in [2.75, 3.05) is 5.73 Å². The van der Waals surface area contributed by atoms with Gasteiger partial charge in [-0.2, -0.15) is 0 Å². The van der Waals surface area contributed by atoms with E-state index in [0.717, 1.165) is 6.20 Å². The van der Waals surface area contributed by atoms with Gasteiger partial charge in [-0.05, 0) is 26.8 Å². The second-order valence-corrected chi connectivity index (χ2v) is 4.47. The first kappa shape index (κ1) is 13.0. The summed E-state index contributed by atoms with van der Waals surface area (Å²) in [5.41, 5.74) is 4.62. The third-order valence-electron chi connectivity index (χ3n) is 1.75. The monoisotopic (exact) mass is 238 g/mol. The Bertz CT molecular complexity index is 463. The number of carbonyl (C=O) groups excluding carboxylic acids is 1. The molecule has 0 atom stereocenters. The van der Waals surface area contributed by atoms with Crippen LogP contribution in [-0.2, 0) is 4.74 Å². The highest BCUT2D eigenvalue weighted by Gasteiger charge is 2.20. The predicted octanol–water partition coefficient (Wildman–Crippen LogP) is 1.32. The molecule has 1 aromatic heterocycles. The van der Waals surface area contributed by atoms with E-state index in [1.54, 1.807) is 20.8 Å². The van der Waals surface area contributed by atoms with Gasteiger partial charge in [0.05, 0.1) is 11.3 Å². The van der Waals surface area contributed by atoms with E-state index in [9.17, 15) is 9.59 Å². The van der Waals surface area contributed by atoms with Gasteiger partial charge in [0.1, 0.15) is 5.60 Å². The van der Waals surface area contributed by atoms with Crippen LogP contribution in [0.25, 0.3) is 0 Å². The van der Waals surface area contributed by atoms with Crippen LogP contribution in [-0.4, -0.2) is 27.6 Å². The first-order chi connectivity index (χ1) is 7.70. The molecule has 0 aliphatic heterocycles. The van der Waals surface area contributed by atoms with Gasteiger partial charge in [0, 0.05) is 6.20 Å². The number of aromatic carboxylic acids is 1. The molecule has 0 aliphatic rings. The molecule has 0 saturated carbocycles. The van der Waals surface area contributed by atoms with E-state index in [4.69, 9.17) is 15.6 Å². The second-order valence-electron chi connectivity index (χ2n) is 4.47. The number of anilines is 1. The van der Waals surface area contributed by atoms with Crippen LogP contribution in [0.4, 0.5) is 5.69 Å². The summed E-state index contributed by atoms with van der Waals surface area (Å²) >= 11 is 0. The Morgan fingerprint density at radius 1 is 1.41 bits per heavy atom. The van der Waals surface area contributed by atoms with Crippen molar-refractivity contribution < 1.29 is 19.4 Å². The number of ether oxygens (including phenoxy) is 1. The maximum atomic E-state index is 11.6. The molecular weight excluding hydrogens is 224 g/mol. The lowest BCUT2D eigenvalue weighted by atomic mass is 10.2. The van der Waals surface area contributed by atoms with Crippen molar-refractivity contribution >= 4 is 17.6 Å². The molecule has 0 unspecified atom stereocenters. The van der Waals surface area contributed by atoms with Crippen molar-refractivity contribution in [3.63, 3.8) is 0 Å². The van der Waals surface area contributed by atoms with Crippen molar-refractivity contribution in [3.8, 4) is 0 Å². The highest BCUT2D eigenvalue weighted by molar-refractivity contribution is 5.95. The quantitative estimate of drug-likeness (QED) is 0.753. The van der Waals surface area contributed by atoms with Crippen LogP contribution in [0.15, 0.2) is 12.3 Å². The lowest BCUT2D eigenvalue weighted by Gasteiger charge is -2.19. The zero-order valence-corrected chi connectivity index (χ0v) is 9.85. The predicted molar refractivity (Wildman–Crippen MR) is 60.8 cm³/mol. The SMILES string of the molecule is CC(C)(C)OC(=O)c1cnc(C(=O)O)c(N)c1. The molecule has 1 rings (SSSR count). The molecule has 17 heavy (non-hydrogen) atoms. The molecule has 0 bridgehead atoms. The average molecular weight is 238 g/mol. The van der Waals surface area contributed by atoms with E-state index in [1.807, 2.05) is 0 Å². The number of aromatic nitrogens is 1. The summed E-state index contributed by atoms with van der Waals surface area (Å²) in [6, 6.07) is 1.24. The Morgan fingerprint density at radius 2 is 2.00 bits per heavy atom. The van der Waals surface area contributed by atoms with Crippen LogP contribution in [0, 0.1) is 0 Å². The molecule has 6 heteroatoms. The number of nitrogen functional groups attached to an aromatic ring is 1. The number of esters is 1. The highest BCUT2D eigenvalue weighted by atomic mass is 16.6. The maximum absolute atomic E-state index is 11.6. The molecule has 0 radical (unpaired) electrons. The number of carboxylic acids is 1. The summed E-state index contributed by atoms with van der Waals surface area (Å²) in [6.07, 6.45) is 1.13. The van der Waals surface area contributed by atoms with Crippen molar-refractivity contribution in [2.45, 2.75) is 26.4 Å². The van der Waals surface area contributed by atoms with Gasteiger partial charge in [-0.1, -0.05) is 0 Å². The van der Waals surface area contributed by atoms with Crippen LogP contribution < -0.4 is 5.73 Å². The first-order valence-corrected chi connectivity index (χ1v) is 4.93. The number of nitrogens with zero attached hydrogens (tertiary/aromatic N) is 1. The Morgan fingerprint density at radius 3 is 2.41 bits per heavy atom. The third-order valence-corrected chi connectivity index (χ3v) is 1.75. The number of rotatable bonds is 2. The zero-order valence-electron chi connectivity index (χ0n) is 9.85. The fourth-order valence-corrected chi connectivity index (χ4v) is 1.11. The van der Waals surface area contributed by atoms with Gasteiger partial charge in [0.2, 0.25) is 0 Å². The molecule has 0 fully saturated rings. The third kappa shape index (κ3) is 3.44. The number of hydrogen-bond donors (Lipinski definition) is 2. The summed E-state index contributed by atoms with van der Waals surface area (Å²) in [6.45, 7) is 5.19. The van der Waals surface area contributed by atoms with Gasteiger partial charge in [0.25, 0.3) is 0 Å². The van der Waals surface area contributed by atoms with E-state index in [-0.39, 0.29) is 16.9 Å². The van der Waals surface area contributed by atoms with E-state index in [1.165, 1.54) is 6.07 Å². The van der Waals surface area contributed by atoms with Crippen LogP contribution in [0.5, 0.6) is 0 Å². The Hall–Kier alpha value is -2.11. The normalized spacial score (nSPS) is 11.0. The Kier molecular flexibility index (Phi) is 3.36. The van der Waals surface area contributed by atoms with Crippen LogP contribution >= 0.6 is 0 Å². The molecule has 3 N–H and O–H groups in total. The summed E-state index contributed by atoms with van der Waals surface area (Å²) in [5.74, 6) is -1.83. The number of hydrogen-bond acceptors (Lipinski definition) is 5. The molecule has 0 saturated heterocycles. The smallest absolute Gasteiger partial charge is 0.356 e. The van der Waals surface area contributed by atoms with Crippen molar-refractivity contribution in [2.24, 2.45) is 0 Å². The summed E-state index contributed by atoms with van der Waals surface area (Å²) in [7, 11) is 0. The lowest BCUT2D eigenvalue weighted by Crippen LogP contribution is -2.24. The topological polar surface area (TPSA) is 103 Å². The summed E-state index contributed by atoms with van der Waals surface area (Å²) in [4.78, 5) is 25.9. The minimum Gasteiger partial charge on any atom is -0.476 e. The summed E-state index contributed by atoms with van der Waals surface area (Å²) < 4.78 is 5.10. The van der Waals surface area contributed by atoms with Gasteiger partial charge < -0.3 is 15.6 Å². The molecule has 1 aromatic rings. The zero-order chi connectivity index (χ0) is 13.2. The Balaban J connectivity index is 2.98. The van der Waals surface area contributed by atoms with Gasteiger partial charge in [-0.25, -0.2) is 14.6 Å². The minimum atomic E-state index is -1.24. The standard InChI is InChI=1S/C11H14N2O4/c1-11(2,3)17-10(16)6-4-7(12)8(9(14)15)13-5-6/h4-5H,12H2,1-3H3,(H,14,15). The van der Waals surface area contributed by atoms with Gasteiger partial charge in [-0.15, -0.1) is 0 Å². The summed E-state index contributed by atoms with van der Waals surface area (Å²) in [5, 5.41) is 8.72. The van der Waals surface area contributed by atoms with Crippen molar-refractivity contribution in [3.05, 3.63) is 23.5 Å². The fourth-order valence-electron chi connectivity index (χ4n) is 1.11. The minimum absolute atomic E-state index is 0.0686. The molecule has 0 aromatic carbocycles. The molecule has 6 nitrogen and oxygen atoms in total. The molecule has 1 heterocycles. The first-order valence-electron chi connectivity index (χ1n) is 4.93. The second kappa shape index (κ2) is 4.40. The largest absolute Gasteiger partial charge is 0.476 e. The number of carboxylic acid groups (broad SMARTS) is 1. The molecule has 0 aliphatic carbocycles. The Labute approximate surface area is 98.4 Å². The van der Waals surface area contributed by atoms with Gasteiger partial charge in [0.15, 0.2) is 5.69 Å². The fraction of sp³-hybridized carbons (Fsp3) is 0.364. The molecule has 0 amide bonds. The van der Waals surface area contributed by atoms with Gasteiger partial charge >= 0.3 is 11.9 Å². The van der Waals surface area contributed by atoms with Gasteiger partial charge in [-0.3, -0.25) is 0 Å². The van der Waals surface area contributed by atoms with Crippen molar-refractivity contribution in [1.82, 2.24) is 4.98 Å². The molecular formula is C11H14N2O4. The maximum Gasteiger partial charge on any atom is 0.356 e. The molecule has 0 spiro atoms. The number of nitrogens with two attached hydrogens (primary N) is 1. The average Bonchev–Trinajstić information content (AvgIpc) is 2.14. The number of carbonyl (C=O) groups is 2. The van der Waals surface area contributed by atoms with E-state index in [2.05, 4.69) is 4.98 Å². The van der Waals surface area contributed by atoms with E-state index < -0.39 is 17.5 Å². The highest BCUT2D eigenvalue weighted by Crippen LogP contribution is 2.15. The van der Waals surface area contributed by atoms with Crippen molar-refractivity contribution in [1.29, 1.82) is 0 Å². The molecule has 92 valence electrons. The lowest BCUT2D eigenvalue weighted by molar-refractivity contribution is 0.00686. The van der Waals surface area contributed by atoms with Crippen LogP contribution in [0.2, 0.25) is 0 Å². The number of pyridine rings is 1. The van der Waals surface area contributed by atoms with E-state index in [0.29, 0.717) is 0 Å². The van der Waals surface area contributed by atoms with Crippen LogP contribution in [0.3, 0.4) is 0 Å². The van der Waals surface area contributed by atoms with E-state index >= 15 is 0 Å².